The summed E-state index contributed by atoms with van der Waals surface area (Å²) in [4.78, 5) is 0. The number of hydrogen-bond acceptors (Lipinski definition) is 1. The van der Waals surface area contributed by atoms with Crippen LogP contribution in [0.1, 0.15) is 64.2 Å². The number of hydrogen-bond donors (Lipinski definition) is 1. The van der Waals surface area contributed by atoms with Crippen molar-refractivity contribution in [1.82, 2.24) is 0 Å². The largest absolute Gasteiger partial charge is 0.393 e. The lowest BCUT2D eigenvalue weighted by molar-refractivity contribution is 0.115. The average Bonchev–Trinajstić information content (AvgIpc) is 2.44. The molecule has 2 fully saturated rings. The summed E-state index contributed by atoms with van der Waals surface area (Å²) in [6.45, 7) is 0. The van der Waals surface area contributed by atoms with Crippen LogP contribution in [0.2, 0.25) is 0 Å². The summed E-state index contributed by atoms with van der Waals surface area (Å²) in [6, 6.07) is 0. The third-order valence-corrected chi connectivity index (χ3v) is 4.25. The van der Waals surface area contributed by atoms with E-state index in [1.54, 1.807) is 0 Å². The molecule has 2 rings (SSSR count). The Balaban J connectivity index is 1.87. The molecule has 82 valence electrons. The second-order valence-corrected chi connectivity index (χ2v) is 5.33. The third kappa shape index (κ3) is 2.73. The van der Waals surface area contributed by atoms with Gasteiger partial charge in [-0.2, -0.15) is 0 Å². The van der Waals surface area contributed by atoms with Crippen LogP contribution in [0.4, 0.5) is 0 Å². The van der Waals surface area contributed by atoms with Crippen LogP contribution in [-0.2, 0) is 0 Å². The van der Waals surface area contributed by atoms with Gasteiger partial charge in [0.1, 0.15) is 0 Å². The zero-order chi connectivity index (χ0) is 9.80. The highest BCUT2D eigenvalue weighted by atomic mass is 16.3. The molecule has 0 amide bonds. The van der Waals surface area contributed by atoms with Crippen LogP contribution >= 0.6 is 0 Å². The van der Waals surface area contributed by atoms with Crippen molar-refractivity contribution in [2.45, 2.75) is 70.3 Å². The highest BCUT2D eigenvalue weighted by Gasteiger charge is 2.26. The predicted molar refractivity (Wildman–Crippen MR) is 59.2 cm³/mol. The molecule has 2 unspecified atom stereocenters. The lowest BCUT2D eigenvalue weighted by Crippen LogP contribution is -2.21. The Bertz CT molecular complexity index is 161. The van der Waals surface area contributed by atoms with Crippen LogP contribution in [0.3, 0.4) is 0 Å². The van der Waals surface area contributed by atoms with Crippen molar-refractivity contribution < 1.29 is 5.11 Å². The summed E-state index contributed by atoms with van der Waals surface area (Å²) in [6.07, 6.45) is 13.4. The van der Waals surface area contributed by atoms with Crippen LogP contribution in [0, 0.1) is 11.8 Å². The molecular weight excluding hydrogens is 172 g/mol. The highest BCUT2D eigenvalue weighted by molar-refractivity contribution is 4.78. The molecule has 0 radical (unpaired) electrons. The fourth-order valence-electron chi connectivity index (χ4n) is 3.41. The first kappa shape index (κ1) is 10.5. The first-order chi connectivity index (χ1) is 6.86. The lowest BCUT2D eigenvalue weighted by atomic mass is 9.76. The van der Waals surface area contributed by atoms with E-state index in [9.17, 15) is 5.11 Å². The van der Waals surface area contributed by atoms with E-state index in [1.165, 1.54) is 51.4 Å². The second-order valence-electron chi connectivity index (χ2n) is 5.33. The van der Waals surface area contributed by atoms with Crippen molar-refractivity contribution in [2.24, 2.45) is 11.8 Å². The van der Waals surface area contributed by atoms with Gasteiger partial charge in [-0.15, -0.1) is 0 Å². The van der Waals surface area contributed by atoms with Crippen LogP contribution < -0.4 is 0 Å². The van der Waals surface area contributed by atoms with Crippen LogP contribution in [0.25, 0.3) is 0 Å². The van der Waals surface area contributed by atoms with Crippen molar-refractivity contribution in [3.63, 3.8) is 0 Å². The molecule has 1 nitrogen and oxygen atoms in total. The molecule has 1 N–H and O–H groups in total. The standard InChI is InChI=1S/C13H24O/c14-13-9-5-4-8-12(10-13)11-6-2-1-3-7-11/h11-14H,1-10H2. The van der Waals surface area contributed by atoms with Crippen LogP contribution in [0.5, 0.6) is 0 Å². The molecule has 0 aliphatic heterocycles. The fourth-order valence-corrected chi connectivity index (χ4v) is 3.41. The Morgan fingerprint density at radius 2 is 1.21 bits per heavy atom. The minimum Gasteiger partial charge on any atom is -0.393 e. The zero-order valence-corrected chi connectivity index (χ0v) is 9.25. The Kier molecular flexibility index (Phi) is 3.86. The van der Waals surface area contributed by atoms with Gasteiger partial charge in [-0.25, -0.2) is 0 Å². The maximum Gasteiger partial charge on any atom is 0.0543 e. The van der Waals surface area contributed by atoms with Crippen molar-refractivity contribution in [1.29, 1.82) is 0 Å². The summed E-state index contributed by atoms with van der Waals surface area (Å²) < 4.78 is 0. The Hall–Kier alpha value is -0.0400. The molecule has 2 aliphatic rings. The number of aliphatic hydroxyl groups excluding tert-OH is 1. The van der Waals surface area contributed by atoms with Crippen molar-refractivity contribution in [3.05, 3.63) is 0 Å². The zero-order valence-electron chi connectivity index (χ0n) is 9.25. The third-order valence-electron chi connectivity index (χ3n) is 4.25. The van der Waals surface area contributed by atoms with Gasteiger partial charge in [0.2, 0.25) is 0 Å². The van der Waals surface area contributed by atoms with E-state index in [2.05, 4.69) is 0 Å². The number of rotatable bonds is 1. The molecule has 1 heteroatoms. The van der Waals surface area contributed by atoms with Crippen molar-refractivity contribution >= 4 is 0 Å². The molecular formula is C13H24O. The van der Waals surface area contributed by atoms with Gasteiger partial charge >= 0.3 is 0 Å². The van der Waals surface area contributed by atoms with E-state index >= 15 is 0 Å². The van der Waals surface area contributed by atoms with E-state index in [-0.39, 0.29) is 6.10 Å². The topological polar surface area (TPSA) is 20.2 Å². The molecule has 2 saturated carbocycles. The van der Waals surface area contributed by atoms with E-state index in [0.29, 0.717) is 0 Å². The van der Waals surface area contributed by atoms with Crippen LogP contribution in [0.15, 0.2) is 0 Å². The normalized spacial score (nSPS) is 36.6. The van der Waals surface area contributed by atoms with Crippen molar-refractivity contribution in [3.8, 4) is 0 Å². The maximum atomic E-state index is 9.79. The van der Waals surface area contributed by atoms with E-state index in [1.807, 2.05) is 0 Å². The Morgan fingerprint density at radius 3 is 2.00 bits per heavy atom. The average molecular weight is 196 g/mol. The number of aliphatic hydroxyl groups is 1. The van der Waals surface area contributed by atoms with Gasteiger partial charge in [0.15, 0.2) is 0 Å². The maximum absolute atomic E-state index is 9.79. The van der Waals surface area contributed by atoms with E-state index < -0.39 is 0 Å². The van der Waals surface area contributed by atoms with Gasteiger partial charge in [-0.3, -0.25) is 0 Å². The fraction of sp³-hybridized carbons (Fsp3) is 1.00. The molecule has 2 aliphatic carbocycles. The molecule has 0 heterocycles. The summed E-state index contributed by atoms with van der Waals surface area (Å²) in [7, 11) is 0. The molecule has 14 heavy (non-hydrogen) atoms. The molecule has 0 saturated heterocycles. The second kappa shape index (κ2) is 5.16. The smallest absolute Gasteiger partial charge is 0.0543 e. The molecule has 0 bridgehead atoms. The molecule has 0 aromatic rings. The molecule has 2 atom stereocenters. The molecule has 0 aromatic carbocycles. The summed E-state index contributed by atoms with van der Waals surface area (Å²) in [5, 5.41) is 9.79. The monoisotopic (exact) mass is 196 g/mol. The summed E-state index contributed by atoms with van der Waals surface area (Å²) in [5.41, 5.74) is 0. The van der Waals surface area contributed by atoms with Gasteiger partial charge in [-0.05, 0) is 24.7 Å². The Labute approximate surface area is 87.9 Å². The minimum absolute atomic E-state index is 0.0180. The first-order valence-electron chi connectivity index (χ1n) is 6.54. The molecule has 0 spiro atoms. The quantitative estimate of drug-likeness (QED) is 0.636. The van der Waals surface area contributed by atoms with Gasteiger partial charge in [0, 0.05) is 0 Å². The minimum atomic E-state index is 0.0180. The summed E-state index contributed by atoms with van der Waals surface area (Å²) >= 11 is 0. The Morgan fingerprint density at radius 1 is 0.643 bits per heavy atom. The molecule has 0 aromatic heterocycles. The van der Waals surface area contributed by atoms with Crippen LogP contribution in [-0.4, -0.2) is 11.2 Å². The van der Waals surface area contributed by atoms with Gasteiger partial charge in [0.05, 0.1) is 6.10 Å². The van der Waals surface area contributed by atoms with Crippen molar-refractivity contribution in [2.75, 3.05) is 0 Å². The SMILES string of the molecule is OC1CCCCC(C2CCCCC2)C1. The lowest BCUT2D eigenvalue weighted by Gasteiger charge is -2.30. The van der Waals surface area contributed by atoms with Gasteiger partial charge in [0.25, 0.3) is 0 Å². The highest BCUT2D eigenvalue weighted by Crippen LogP contribution is 2.37. The van der Waals surface area contributed by atoms with Gasteiger partial charge in [-0.1, -0.05) is 51.4 Å². The predicted octanol–water partition coefficient (Wildman–Crippen LogP) is 3.51. The van der Waals surface area contributed by atoms with E-state index in [4.69, 9.17) is 0 Å². The van der Waals surface area contributed by atoms with E-state index in [0.717, 1.165) is 24.7 Å². The summed E-state index contributed by atoms with van der Waals surface area (Å²) in [5.74, 6) is 1.81. The van der Waals surface area contributed by atoms with Gasteiger partial charge < -0.3 is 5.11 Å². The first-order valence-corrected chi connectivity index (χ1v) is 6.54.